The first-order valence-electron chi connectivity index (χ1n) is 16.3. The highest BCUT2D eigenvalue weighted by Gasteiger charge is 2.35. The fourth-order valence-corrected chi connectivity index (χ4v) is 6.59. The van der Waals surface area contributed by atoms with E-state index in [1.807, 2.05) is 13.8 Å². The van der Waals surface area contributed by atoms with Crippen LogP contribution < -0.4 is 0 Å². The topological polar surface area (TPSA) is 72.6 Å². The first kappa shape index (κ1) is 28.4. The lowest BCUT2D eigenvalue weighted by atomic mass is 9.91. The van der Waals surface area contributed by atoms with Gasteiger partial charge in [0.05, 0.1) is 6.10 Å². The smallest absolute Gasteiger partial charge is 0.188 e. The molecular weight excluding hydrogens is 536 g/mol. The number of hydrogen-bond donors (Lipinski definition) is 1. The van der Waals surface area contributed by atoms with E-state index in [0.29, 0.717) is 18.3 Å². The van der Waals surface area contributed by atoms with Crippen LogP contribution in [0.3, 0.4) is 0 Å². The van der Waals surface area contributed by atoms with Crippen molar-refractivity contribution in [1.29, 1.82) is 0 Å². The number of hydrogen-bond acceptors (Lipinski definition) is 6. The fourth-order valence-electron chi connectivity index (χ4n) is 6.59. The lowest BCUT2D eigenvalue weighted by molar-refractivity contribution is -0.0485. The molecule has 0 spiro atoms. The quantitative estimate of drug-likeness (QED) is 0.256. The minimum Gasteiger partial charge on any atom is -0.509 e. The minimum atomic E-state index is -0.655. The van der Waals surface area contributed by atoms with Crippen molar-refractivity contribution in [2.75, 3.05) is 6.61 Å². The molecule has 0 radical (unpaired) electrons. The van der Waals surface area contributed by atoms with Gasteiger partial charge >= 0.3 is 0 Å². The molecule has 0 saturated heterocycles. The van der Waals surface area contributed by atoms with Crippen molar-refractivity contribution < 1.29 is 19.3 Å². The van der Waals surface area contributed by atoms with Gasteiger partial charge in [-0.25, -0.2) is 9.98 Å². The number of aliphatic hydroxyl groups excluding tert-OH is 1. The Labute approximate surface area is 255 Å². The van der Waals surface area contributed by atoms with E-state index in [-0.39, 0.29) is 30.2 Å². The highest BCUT2D eigenvalue weighted by atomic mass is 16.5. The number of nitrogens with zero attached hydrogens (tertiary/aromatic N) is 2. The van der Waals surface area contributed by atoms with Gasteiger partial charge in [-0.05, 0) is 100.0 Å². The standard InChI is InChI=1S/C37H44N2O4/c1-37(2,34(40)27-17-18-27)43-30-10-6-8-24(22-30)7-5-9-29(36-38-31-11-3-4-12-33(31)42-36)21-25-13-15-26(16-14-25)32-23-41-35(39-32)28-19-20-28/h3-4,6,8,11-16,22,28-33,40H,5,7,9-10,17-21,23H2,1-2H3. The Kier molecular flexibility index (Phi) is 7.89. The van der Waals surface area contributed by atoms with E-state index in [0.717, 1.165) is 62.3 Å². The van der Waals surface area contributed by atoms with E-state index in [2.05, 4.69) is 66.8 Å². The Balaban J connectivity index is 0.997. The summed E-state index contributed by atoms with van der Waals surface area (Å²) in [6, 6.07) is 9.14. The zero-order valence-corrected chi connectivity index (χ0v) is 25.5. The maximum absolute atomic E-state index is 10.6. The molecule has 43 heavy (non-hydrogen) atoms. The van der Waals surface area contributed by atoms with Crippen LogP contribution in [0.25, 0.3) is 0 Å². The van der Waals surface area contributed by atoms with Gasteiger partial charge in [-0.2, -0.15) is 0 Å². The Bertz CT molecular complexity index is 1420. The third-order valence-corrected chi connectivity index (χ3v) is 9.35. The maximum atomic E-state index is 10.6. The molecule has 4 aliphatic carbocycles. The van der Waals surface area contributed by atoms with Crippen LogP contribution in [0.1, 0.15) is 82.4 Å². The molecule has 0 aromatic heterocycles. The molecule has 6 heteroatoms. The van der Waals surface area contributed by atoms with E-state index < -0.39 is 5.60 Å². The molecule has 2 saturated carbocycles. The first-order valence-corrected chi connectivity index (χ1v) is 16.3. The van der Waals surface area contributed by atoms with Crippen LogP contribution in [-0.4, -0.2) is 47.4 Å². The SMILES string of the molecule is CC(C)(OC1C=C(CCCC(Cc2ccc(C3COC(C4CC4)=N3)cc2)C2=NC3C=CC=CC3O2)C=CC1)C(O)=C1CC1. The molecule has 5 unspecified atom stereocenters. The normalized spacial score (nSPS) is 28.0. The molecule has 1 aromatic carbocycles. The molecule has 0 amide bonds. The lowest BCUT2D eigenvalue weighted by Gasteiger charge is -2.30. The highest BCUT2D eigenvalue weighted by Crippen LogP contribution is 2.38. The summed E-state index contributed by atoms with van der Waals surface area (Å²) < 4.78 is 18.7. The number of allylic oxidation sites excluding steroid dienone is 5. The molecule has 2 heterocycles. The Morgan fingerprint density at radius 2 is 1.91 bits per heavy atom. The number of ether oxygens (including phenoxy) is 3. The molecule has 2 fully saturated rings. The second-order valence-electron chi connectivity index (χ2n) is 13.4. The molecule has 226 valence electrons. The van der Waals surface area contributed by atoms with Gasteiger partial charge in [-0.3, -0.25) is 0 Å². The Morgan fingerprint density at radius 3 is 2.67 bits per heavy atom. The summed E-state index contributed by atoms with van der Waals surface area (Å²) in [5, 5.41) is 10.6. The van der Waals surface area contributed by atoms with Crippen LogP contribution in [0, 0.1) is 11.8 Å². The minimum absolute atomic E-state index is 0.0121. The zero-order valence-electron chi connectivity index (χ0n) is 25.5. The van der Waals surface area contributed by atoms with Crippen LogP contribution >= 0.6 is 0 Å². The molecule has 6 aliphatic rings. The van der Waals surface area contributed by atoms with E-state index >= 15 is 0 Å². The van der Waals surface area contributed by atoms with Crippen LogP contribution in [0.15, 0.2) is 93.7 Å². The molecule has 1 aromatic rings. The number of aliphatic imine (C=N–C) groups is 2. The molecule has 1 N–H and O–H groups in total. The highest BCUT2D eigenvalue weighted by molar-refractivity contribution is 5.83. The number of aliphatic hydroxyl groups is 1. The van der Waals surface area contributed by atoms with Crippen molar-refractivity contribution in [3.8, 4) is 0 Å². The van der Waals surface area contributed by atoms with Crippen molar-refractivity contribution in [2.24, 2.45) is 21.8 Å². The van der Waals surface area contributed by atoms with E-state index in [1.54, 1.807) is 0 Å². The largest absolute Gasteiger partial charge is 0.509 e. The van der Waals surface area contributed by atoms with Crippen LogP contribution in [0.4, 0.5) is 0 Å². The predicted octanol–water partition coefficient (Wildman–Crippen LogP) is 7.84. The summed E-state index contributed by atoms with van der Waals surface area (Å²) in [7, 11) is 0. The second-order valence-corrected chi connectivity index (χ2v) is 13.4. The van der Waals surface area contributed by atoms with Gasteiger partial charge < -0.3 is 19.3 Å². The van der Waals surface area contributed by atoms with Gasteiger partial charge in [-0.1, -0.05) is 60.7 Å². The zero-order chi connectivity index (χ0) is 29.4. The number of rotatable bonds is 12. The lowest BCUT2D eigenvalue weighted by Crippen LogP contribution is -2.32. The van der Waals surface area contributed by atoms with E-state index in [1.165, 1.54) is 29.5 Å². The molecule has 6 nitrogen and oxygen atoms in total. The van der Waals surface area contributed by atoms with Crippen molar-refractivity contribution in [2.45, 2.75) is 102 Å². The summed E-state index contributed by atoms with van der Waals surface area (Å²) in [5.74, 6) is 3.05. The van der Waals surface area contributed by atoms with Crippen molar-refractivity contribution >= 4 is 11.8 Å². The van der Waals surface area contributed by atoms with Crippen molar-refractivity contribution in [1.82, 2.24) is 0 Å². The van der Waals surface area contributed by atoms with Gasteiger partial charge in [0.2, 0.25) is 0 Å². The van der Waals surface area contributed by atoms with Gasteiger partial charge in [0.15, 0.2) is 11.8 Å². The molecule has 0 bridgehead atoms. The third-order valence-electron chi connectivity index (χ3n) is 9.35. The van der Waals surface area contributed by atoms with Crippen molar-refractivity contribution in [3.05, 3.63) is 94.8 Å². The maximum Gasteiger partial charge on any atom is 0.188 e. The molecule has 5 atom stereocenters. The average molecular weight is 581 g/mol. The van der Waals surface area contributed by atoms with Crippen LogP contribution in [0.2, 0.25) is 0 Å². The van der Waals surface area contributed by atoms with E-state index in [9.17, 15) is 5.11 Å². The molecule has 2 aliphatic heterocycles. The monoisotopic (exact) mass is 580 g/mol. The Hall–Kier alpha value is -3.38. The van der Waals surface area contributed by atoms with Gasteiger partial charge in [0.1, 0.15) is 36.2 Å². The predicted molar refractivity (Wildman–Crippen MR) is 170 cm³/mol. The van der Waals surface area contributed by atoms with E-state index in [4.69, 9.17) is 24.2 Å². The summed E-state index contributed by atoms with van der Waals surface area (Å²) in [4.78, 5) is 9.87. The second kappa shape index (κ2) is 12.0. The Morgan fingerprint density at radius 1 is 1.09 bits per heavy atom. The van der Waals surface area contributed by atoms with Crippen LogP contribution in [0.5, 0.6) is 0 Å². The summed E-state index contributed by atoms with van der Waals surface area (Å²) in [5.41, 5.74) is 4.30. The van der Waals surface area contributed by atoms with Gasteiger partial charge in [0.25, 0.3) is 0 Å². The number of benzene rings is 1. The average Bonchev–Trinajstić information content (AvgIpc) is 3.95. The third kappa shape index (κ3) is 6.75. The number of fused-ring (bicyclic) bond motifs is 1. The summed E-state index contributed by atoms with van der Waals surface area (Å²) >= 11 is 0. The fraction of sp³-hybridized carbons (Fsp3) is 0.514. The van der Waals surface area contributed by atoms with Crippen LogP contribution in [-0.2, 0) is 20.6 Å². The molecular formula is C37H44N2O4. The summed E-state index contributed by atoms with van der Waals surface area (Å²) in [6.45, 7) is 4.61. The van der Waals surface area contributed by atoms with Gasteiger partial charge in [0, 0.05) is 11.8 Å². The summed E-state index contributed by atoms with van der Waals surface area (Å²) in [6.07, 6.45) is 24.2. The molecule has 7 rings (SSSR count). The van der Waals surface area contributed by atoms with Crippen molar-refractivity contribution in [3.63, 3.8) is 0 Å². The first-order chi connectivity index (χ1) is 20.9. The van der Waals surface area contributed by atoms with Gasteiger partial charge in [-0.15, -0.1) is 0 Å².